The molecule has 2 aromatic carbocycles. The van der Waals surface area contributed by atoms with Crippen molar-refractivity contribution in [1.29, 1.82) is 0 Å². The van der Waals surface area contributed by atoms with Crippen LogP contribution in [0.2, 0.25) is 0 Å². The SMILES string of the molecule is CC.CC(C)N1CCOc2c(F)cc(-c3cnc(Nc4ccc(C5CCN(C)CC5)nn4)s3)cc21.CC(C)N1CCOc2c(F)cc(-c3cnc(Nc4ccc(N5CCC(N(C)C)CC5)cn4)s3)cc21. The van der Waals surface area contributed by atoms with Crippen molar-refractivity contribution in [3.8, 4) is 32.4 Å². The molecule has 0 bridgehead atoms. The maximum Gasteiger partial charge on any atom is 0.188 e. The highest BCUT2D eigenvalue weighted by Crippen LogP contribution is 2.43. The Bertz CT molecular complexity index is 2630. The zero-order valence-electron chi connectivity index (χ0n) is 42.0. The van der Waals surface area contributed by atoms with Gasteiger partial charge in [0, 0.05) is 49.5 Å². The van der Waals surface area contributed by atoms with Crippen LogP contribution in [0.3, 0.4) is 0 Å². The molecule has 18 heteroatoms. The Labute approximate surface area is 420 Å². The molecule has 8 heterocycles. The zero-order chi connectivity index (χ0) is 49.5. The molecule has 4 aromatic heterocycles. The number of rotatable bonds is 11. The van der Waals surface area contributed by atoms with Crippen LogP contribution in [0.1, 0.15) is 78.8 Å². The Morgan fingerprint density at radius 2 is 1.17 bits per heavy atom. The number of nitrogens with zero attached hydrogens (tertiary/aromatic N) is 10. The Balaban J connectivity index is 0.000000182. The van der Waals surface area contributed by atoms with Crippen molar-refractivity contribution < 1.29 is 18.3 Å². The number of fused-ring (bicyclic) bond motifs is 2. The normalized spacial score (nSPS) is 16.5. The van der Waals surface area contributed by atoms with Gasteiger partial charge in [-0.3, -0.25) is 0 Å². The van der Waals surface area contributed by atoms with Crippen LogP contribution < -0.4 is 34.8 Å². The number of benzene rings is 2. The average molecular weight is 995 g/mol. The van der Waals surface area contributed by atoms with Crippen LogP contribution in [0.4, 0.5) is 47.7 Å². The number of likely N-dealkylation sites (tertiary alicyclic amines) is 1. The lowest BCUT2D eigenvalue weighted by atomic mass is 9.94. The second-order valence-corrected chi connectivity index (χ2v) is 20.8. The molecule has 0 atom stereocenters. The number of anilines is 7. The number of hydrogen-bond acceptors (Lipinski definition) is 16. The van der Waals surface area contributed by atoms with Gasteiger partial charge in [-0.15, -0.1) is 5.10 Å². The molecule has 374 valence electrons. The molecule has 2 N–H and O–H groups in total. The Morgan fingerprint density at radius 3 is 1.64 bits per heavy atom. The minimum Gasteiger partial charge on any atom is -0.486 e. The lowest BCUT2D eigenvalue weighted by Crippen LogP contribution is -2.42. The monoisotopic (exact) mass is 994 g/mol. The van der Waals surface area contributed by atoms with Crippen LogP contribution >= 0.6 is 22.7 Å². The standard InChI is InChI=1S/C26H33FN6OS.C24H29FN6OS.C2H6/c1-17(2)33-11-12-34-25-21(27)13-18(14-22(25)33)23-16-29-26(35-23)30-24-6-5-20(15-28-24)32-9-7-19(8-10-32)31(3)4;1-15(2)31-10-11-32-23-18(25)12-17(13-20(23)31)21-14-26-24(33-21)27-22-5-4-19(28-29-22)16-6-8-30(3)9-7-16;1-2/h5-6,13-17,19H,7-12H2,1-4H3,(H,28,29,30);4-5,12-16H,6-11H2,1-3H3,(H,26,27,29);1-2H3. The van der Waals surface area contributed by atoms with Gasteiger partial charge >= 0.3 is 0 Å². The third-order valence-electron chi connectivity index (χ3n) is 13.3. The number of nitrogens with one attached hydrogen (secondary N) is 2. The highest BCUT2D eigenvalue weighted by Gasteiger charge is 2.28. The lowest BCUT2D eigenvalue weighted by molar-refractivity contribution is 0.249. The quantitative estimate of drug-likeness (QED) is 0.128. The van der Waals surface area contributed by atoms with Gasteiger partial charge in [-0.05, 0) is 147 Å². The molecule has 0 amide bonds. The summed E-state index contributed by atoms with van der Waals surface area (Å²) >= 11 is 2.94. The van der Waals surface area contributed by atoms with Crippen LogP contribution in [-0.2, 0) is 0 Å². The molecule has 0 unspecified atom stereocenters. The van der Waals surface area contributed by atoms with Gasteiger partial charge in [-0.2, -0.15) is 5.10 Å². The van der Waals surface area contributed by atoms with Crippen LogP contribution in [0, 0.1) is 11.6 Å². The Kier molecular flexibility index (Phi) is 16.7. The predicted molar refractivity (Wildman–Crippen MR) is 284 cm³/mol. The molecule has 0 aliphatic carbocycles. The van der Waals surface area contributed by atoms with E-state index in [0.29, 0.717) is 47.6 Å². The molecule has 0 saturated carbocycles. The van der Waals surface area contributed by atoms with Crippen molar-refractivity contribution in [1.82, 2.24) is 34.9 Å². The van der Waals surface area contributed by atoms with Crippen LogP contribution in [0.25, 0.3) is 20.9 Å². The van der Waals surface area contributed by atoms with Gasteiger partial charge in [0.15, 0.2) is 39.2 Å². The van der Waals surface area contributed by atoms with Gasteiger partial charge in [0.1, 0.15) is 19.0 Å². The predicted octanol–water partition coefficient (Wildman–Crippen LogP) is 11.2. The molecular formula is C52H68F2N12O2S2. The van der Waals surface area contributed by atoms with Crippen molar-refractivity contribution in [3.05, 3.63) is 84.4 Å². The molecule has 2 saturated heterocycles. The highest BCUT2D eigenvalue weighted by atomic mass is 32.1. The van der Waals surface area contributed by atoms with E-state index in [-0.39, 0.29) is 23.7 Å². The first-order valence-electron chi connectivity index (χ1n) is 24.7. The summed E-state index contributed by atoms with van der Waals surface area (Å²) in [6, 6.07) is 16.3. The summed E-state index contributed by atoms with van der Waals surface area (Å²) in [7, 11) is 6.47. The second kappa shape index (κ2) is 23.0. The number of piperidine rings is 2. The first-order valence-corrected chi connectivity index (χ1v) is 26.3. The Hall–Kier alpha value is -5.69. The largest absolute Gasteiger partial charge is 0.486 e. The van der Waals surface area contributed by atoms with Gasteiger partial charge in [-0.1, -0.05) is 36.5 Å². The number of pyridine rings is 1. The number of aromatic nitrogens is 5. The number of hydrogen-bond donors (Lipinski definition) is 2. The van der Waals surface area contributed by atoms with Gasteiger partial charge in [0.25, 0.3) is 0 Å². The summed E-state index contributed by atoms with van der Waals surface area (Å²) in [5.41, 5.74) is 5.38. The first kappa shape index (κ1) is 50.7. The molecule has 2 fully saturated rings. The Morgan fingerprint density at radius 1 is 0.643 bits per heavy atom. The number of halogens is 2. The van der Waals surface area contributed by atoms with E-state index in [1.807, 2.05) is 44.3 Å². The molecule has 70 heavy (non-hydrogen) atoms. The van der Waals surface area contributed by atoms with E-state index in [1.54, 1.807) is 12.4 Å². The highest BCUT2D eigenvalue weighted by molar-refractivity contribution is 7.19. The van der Waals surface area contributed by atoms with E-state index in [4.69, 9.17) is 9.47 Å². The first-order chi connectivity index (χ1) is 33.9. The van der Waals surface area contributed by atoms with E-state index in [2.05, 4.69) is 121 Å². The van der Waals surface area contributed by atoms with Crippen molar-refractivity contribution in [2.24, 2.45) is 0 Å². The zero-order valence-corrected chi connectivity index (χ0v) is 43.6. The second-order valence-electron chi connectivity index (χ2n) is 18.7. The average Bonchev–Trinajstić information content (AvgIpc) is 4.05. The minimum absolute atomic E-state index is 0.261. The van der Waals surface area contributed by atoms with Crippen molar-refractivity contribution in [2.75, 3.05) is 99.0 Å². The van der Waals surface area contributed by atoms with Crippen LogP contribution in [0.15, 0.2) is 67.1 Å². The molecule has 0 spiro atoms. The van der Waals surface area contributed by atoms with Crippen molar-refractivity contribution in [2.45, 2.75) is 91.3 Å². The molecule has 14 nitrogen and oxygen atoms in total. The van der Waals surface area contributed by atoms with Gasteiger partial charge in [0.2, 0.25) is 0 Å². The molecule has 10 rings (SSSR count). The maximum atomic E-state index is 14.9. The maximum absolute atomic E-state index is 14.9. The van der Waals surface area contributed by atoms with E-state index in [1.165, 1.54) is 47.6 Å². The van der Waals surface area contributed by atoms with Crippen LogP contribution in [0.5, 0.6) is 11.5 Å². The minimum atomic E-state index is -0.342. The summed E-state index contributed by atoms with van der Waals surface area (Å²) in [5.74, 6) is 1.87. The smallest absolute Gasteiger partial charge is 0.188 e. The molecule has 4 aliphatic rings. The van der Waals surface area contributed by atoms with Gasteiger partial charge in [-0.25, -0.2) is 23.7 Å². The topological polar surface area (TPSA) is 123 Å². The summed E-state index contributed by atoms with van der Waals surface area (Å²) in [5, 5.41) is 16.8. The lowest BCUT2D eigenvalue weighted by Gasteiger charge is -2.36. The van der Waals surface area contributed by atoms with Crippen molar-refractivity contribution in [3.63, 3.8) is 0 Å². The van der Waals surface area contributed by atoms with Gasteiger partial charge in [0.05, 0.1) is 51.8 Å². The van der Waals surface area contributed by atoms with Crippen molar-refractivity contribution >= 4 is 61.6 Å². The summed E-state index contributed by atoms with van der Waals surface area (Å²) in [4.78, 5) is 26.8. The fourth-order valence-corrected chi connectivity index (χ4v) is 11.0. The van der Waals surface area contributed by atoms with E-state index in [0.717, 1.165) is 107 Å². The third kappa shape index (κ3) is 11.9. The van der Waals surface area contributed by atoms with E-state index < -0.39 is 0 Å². The summed E-state index contributed by atoms with van der Waals surface area (Å²) in [6.45, 7) is 19.2. The number of ether oxygens (including phenoxy) is 2. The van der Waals surface area contributed by atoms with Crippen LogP contribution in [-0.4, -0.2) is 127 Å². The third-order valence-corrected chi connectivity index (χ3v) is 15.2. The van der Waals surface area contributed by atoms with E-state index >= 15 is 0 Å². The molecule has 0 radical (unpaired) electrons. The molecule has 4 aliphatic heterocycles. The van der Waals surface area contributed by atoms with E-state index in [9.17, 15) is 8.78 Å². The summed E-state index contributed by atoms with van der Waals surface area (Å²) in [6.07, 6.45) is 10.0. The fourth-order valence-electron chi connectivity index (χ4n) is 9.33. The number of thiazole rings is 2. The summed E-state index contributed by atoms with van der Waals surface area (Å²) < 4.78 is 40.9. The molecule has 6 aromatic rings. The fraction of sp³-hybridized carbons (Fsp3) is 0.481. The molecular weight excluding hydrogens is 927 g/mol. The van der Waals surface area contributed by atoms with Gasteiger partial charge < -0.3 is 44.6 Å².